The highest BCUT2D eigenvalue weighted by molar-refractivity contribution is 7.90. The minimum absolute atomic E-state index is 0.209. The van der Waals surface area contributed by atoms with E-state index in [9.17, 15) is 13.2 Å². The summed E-state index contributed by atoms with van der Waals surface area (Å²) >= 11 is 0. The summed E-state index contributed by atoms with van der Waals surface area (Å²) in [6.07, 6.45) is 1.16. The van der Waals surface area contributed by atoms with E-state index in [0.717, 1.165) is 28.4 Å². The molecule has 0 radical (unpaired) electrons. The molecule has 0 saturated heterocycles. The average molecular weight is 482 g/mol. The predicted octanol–water partition coefficient (Wildman–Crippen LogP) is 5.87. The summed E-state index contributed by atoms with van der Waals surface area (Å²) in [6.45, 7) is 0.417. The zero-order valence-electron chi connectivity index (χ0n) is 18.9. The van der Waals surface area contributed by atoms with Crippen LogP contribution in [0.2, 0.25) is 0 Å². The van der Waals surface area contributed by atoms with Crippen molar-refractivity contribution in [2.45, 2.75) is 17.9 Å². The monoisotopic (exact) mass is 481 g/mol. The highest BCUT2D eigenvalue weighted by Crippen LogP contribution is 2.34. The second-order valence-corrected chi connectivity index (χ2v) is 9.96. The van der Waals surface area contributed by atoms with Crippen molar-refractivity contribution >= 4 is 27.2 Å². The molecule has 0 amide bonds. The first-order chi connectivity index (χ1) is 17.1. The second kappa shape index (κ2) is 9.60. The lowest BCUT2D eigenvalue weighted by atomic mass is 10.1. The Morgan fingerprint density at radius 2 is 1.43 bits per heavy atom. The van der Waals surface area contributed by atoms with Gasteiger partial charge in [0.05, 0.1) is 16.1 Å². The molecule has 0 bridgehead atoms. The number of ether oxygens (including phenoxy) is 1. The summed E-state index contributed by atoms with van der Waals surface area (Å²) in [5.74, 6) is 0.656. The minimum atomic E-state index is -3.87. The van der Waals surface area contributed by atoms with Crippen molar-refractivity contribution in [1.29, 1.82) is 0 Å². The van der Waals surface area contributed by atoms with Gasteiger partial charge >= 0.3 is 0 Å². The lowest BCUT2D eigenvalue weighted by Crippen LogP contribution is -2.14. The molecular weight excluding hydrogens is 458 g/mol. The van der Waals surface area contributed by atoms with Crippen LogP contribution in [0.25, 0.3) is 22.2 Å². The first-order valence-corrected chi connectivity index (χ1v) is 12.7. The molecule has 6 heteroatoms. The molecule has 0 aliphatic heterocycles. The van der Waals surface area contributed by atoms with Gasteiger partial charge in [0.1, 0.15) is 18.6 Å². The van der Waals surface area contributed by atoms with Crippen LogP contribution in [0, 0.1) is 0 Å². The van der Waals surface area contributed by atoms with Gasteiger partial charge in [-0.2, -0.15) is 0 Å². The van der Waals surface area contributed by atoms with E-state index >= 15 is 0 Å². The molecule has 5 aromatic rings. The highest BCUT2D eigenvalue weighted by atomic mass is 32.2. The standard InChI is InChI=1S/C29H23NO4S/c31-18-17-22-11-13-24(14-12-22)29-20-25-19-26(34-21-23-7-3-1-4-8-23)15-16-28(25)30(29)35(32,33)27-9-5-2-6-10-27/h1-16,18-20H,17,21H2. The van der Waals surface area contributed by atoms with Crippen LogP contribution in [0.15, 0.2) is 114 Å². The quantitative estimate of drug-likeness (QED) is 0.260. The van der Waals surface area contributed by atoms with Crippen LogP contribution in [0.4, 0.5) is 0 Å². The number of hydrogen-bond acceptors (Lipinski definition) is 4. The summed E-state index contributed by atoms with van der Waals surface area (Å²) < 4.78 is 34.9. The molecule has 0 aliphatic rings. The van der Waals surface area contributed by atoms with Crippen molar-refractivity contribution in [3.8, 4) is 17.0 Å². The minimum Gasteiger partial charge on any atom is -0.489 e. The van der Waals surface area contributed by atoms with Crippen molar-refractivity contribution in [3.05, 3.63) is 120 Å². The maximum atomic E-state index is 13.8. The van der Waals surface area contributed by atoms with E-state index in [1.807, 2.05) is 66.7 Å². The Labute approximate surface area is 204 Å². The number of rotatable bonds is 8. The second-order valence-electron chi connectivity index (χ2n) is 8.17. The Balaban J connectivity index is 1.61. The molecule has 0 unspecified atom stereocenters. The number of carbonyl (C=O) groups is 1. The Hall–Kier alpha value is -4.16. The van der Waals surface area contributed by atoms with E-state index < -0.39 is 10.0 Å². The number of aromatic nitrogens is 1. The normalized spacial score (nSPS) is 11.4. The molecular formula is C29H23NO4S. The van der Waals surface area contributed by atoms with Gasteiger partial charge in [0.15, 0.2) is 0 Å². The molecule has 0 saturated carbocycles. The fourth-order valence-corrected chi connectivity index (χ4v) is 5.62. The average Bonchev–Trinajstić information content (AvgIpc) is 3.29. The van der Waals surface area contributed by atoms with Crippen molar-refractivity contribution < 1.29 is 17.9 Å². The van der Waals surface area contributed by atoms with Gasteiger partial charge in [-0.1, -0.05) is 72.8 Å². The molecule has 4 aromatic carbocycles. The number of fused-ring (bicyclic) bond motifs is 1. The van der Waals surface area contributed by atoms with Gasteiger partial charge < -0.3 is 9.53 Å². The fourth-order valence-electron chi connectivity index (χ4n) is 4.06. The van der Waals surface area contributed by atoms with Crippen LogP contribution in [-0.2, 0) is 27.8 Å². The summed E-state index contributed by atoms with van der Waals surface area (Å²) in [4.78, 5) is 11.1. The summed E-state index contributed by atoms with van der Waals surface area (Å²) in [5.41, 5.74) is 3.76. The van der Waals surface area contributed by atoms with E-state index in [1.54, 1.807) is 42.5 Å². The number of aldehydes is 1. The topological polar surface area (TPSA) is 65.4 Å². The molecule has 35 heavy (non-hydrogen) atoms. The lowest BCUT2D eigenvalue weighted by Gasteiger charge is -2.13. The van der Waals surface area contributed by atoms with Crippen LogP contribution in [-0.4, -0.2) is 18.7 Å². The van der Waals surface area contributed by atoms with Gasteiger partial charge in [-0.25, -0.2) is 12.4 Å². The molecule has 0 fully saturated rings. The van der Waals surface area contributed by atoms with Crippen LogP contribution in [0.3, 0.4) is 0 Å². The van der Waals surface area contributed by atoms with E-state index in [2.05, 4.69) is 0 Å². The molecule has 5 rings (SSSR count). The first kappa shape index (κ1) is 22.6. The van der Waals surface area contributed by atoms with E-state index in [1.165, 1.54) is 3.97 Å². The highest BCUT2D eigenvalue weighted by Gasteiger charge is 2.24. The van der Waals surface area contributed by atoms with E-state index in [0.29, 0.717) is 30.0 Å². The Morgan fingerprint density at radius 3 is 2.11 bits per heavy atom. The summed E-state index contributed by atoms with van der Waals surface area (Å²) in [6, 6.07) is 32.9. The summed E-state index contributed by atoms with van der Waals surface area (Å²) in [5, 5.41) is 0.752. The zero-order valence-corrected chi connectivity index (χ0v) is 19.7. The Morgan fingerprint density at radius 1 is 0.743 bits per heavy atom. The van der Waals surface area contributed by atoms with Gasteiger partial charge in [0, 0.05) is 11.8 Å². The van der Waals surface area contributed by atoms with Crippen LogP contribution in [0.5, 0.6) is 5.75 Å². The lowest BCUT2D eigenvalue weighted by molar-refractivity contribution is -0.107. The third kappa shape index (κ3) is 4.61. The SMILES string of the molecule is O=CCc1ccc(-c2cc3cc(OCc4ccccc4)ccc3n2S(=O)(=O)c2ccccc2)cc1. The van der Waals surface area contributed by atoms with Crippen LogP contribution < -0.4 is 4.74 Å². The predicted molar refractivity (Wildman–Crippen MR) is 137 cm³/mol. The number of nitrogens with zero attached hydrogens (tertiary/aromatic N) is 1. The smallest absolute Gasteiger partial charge is 0.268 e. The molecule has 0 atom stereocenters. The largest absolute Gasteiger partial charge is 0.489 e. The molecule has 0 spiro atoms. The van der Waals surface area contributed by atoms with Gasteiger partial charge in [0.25, 0.3) is 10.0 Å². The third-order valence-electron chi connectivity index (χ3n) is 5.83. The van der Waals surface area contributed by atoms with Crippen LogP contribution >= 0.6 is 0 Å². The van der Waals surface area contributed by atoms with Crippen molar-refractivity contribution in [3.63, 3.8) is 0 Å². The molecule has 174 valence electrons. The van der Waals surface area contributed by atoms with Crippen molar-refractivity contribution in [2.24, 2.45) is 0 Å². The fraction of sp³-hybridized carbons (Fsp3) is 0.0690. The molecule has 0 N–H and O–H groups in total. The van der Waals surface area contributed by atoms with Crippen molar-refractivity contribution in [1.82, 2.24) is 3.97 Å². The van der Waals surface area contributed by atoms with Crippen LogP contribution in [0.1, 0.15) is 11.1 Å². The number of benzene rings is 4. The van der Waals surface area contributed by atoms with Gasteiger partial charge in [-0.3, -0.25) is 0 Å². The van der Waals surface area contributed by atoms with Gasteiger partial charge in [0.2, 0.25) is 0 Å². The number of carbonyl (C=O) groups excluding carboxylic acids is 1. The molecule has 5 nitrogen and oxygen atoms in total. The van der Waals surface area contributed by atoms with Crippen molar-refractivity contribution in [2.75, 3.05) is 0 Å². The third-order valence-corrected chi connectivity index (χ3v) is 7.57. The maximum absolute atomic E-state index is 13.8. The maximum Gasteiger partial charge on any atom is 0.268 e. The Bertz CT molecular complexity index is 1570. The molecule has 1 aromatic heterocycles. The summed E-state index contributed by atoms with van der Waals surface area (Å²) in [7, 11) is -3.87. The molecule has 1 heterocycles. The van der Waals surface area contributed by atoms with E-state index in [4.69, 9.17) is 4.74 Å². The molecule has 0 aliphatic carbocycles. The van der Waals surface area contributed by atoms with E-state index in [-0.39, 0.29) is 4.90 Å². The number of hydrogen-bond donors (Lipinski definition) is 0. The van der Waals surface area contributed by atoms with Gasteiger partial charge in [-0.05, 0) is 53.1 Å². The zero-order chi connectivity index (χ0) is 24.3. The van der Waals surface area contributed by atoms with Gasteiger partial charge in [-0.15, -0.1) is 0 Å². The Kier molecular flexibility index (Phi) is 6.21. The first-order valence-electron chi connectivity index (χ1n) is 11.2.